The lowest BCUT2D eigenvalue weighted by molar-refractivity contribution is 0.0198. The summed E-state index contributed by atoms with van der Waals surface area (Å²) in [5.74, 6) is 11.3. The zero-order valence-electron chi connectivity index (χ0n) is 70.9. The standard InChI is InChI=1S/C10H16.C10H18.C10H12.C9H10.C7H12.C7H10.C7H14.C7H12.2C6H12.C6H10.C5H10.C5H8.C5H6.C4H8.C3H6/c1-7-2-9-4-8(1)5-10(3-7)6-9;2*1-2-6-10-8-4-3-7-9(10)5-1;1-2-5-9-7-3-6-8(9)4-1;2*1-2-7-4-3-6(1)5-7;2*1-2-4-6-7-5-3-1;3*1-2-4-6-5-3-1;3*1-2-4-5-3-1;1-2-4-3-1;1-2-3-1/h7-10H,1-6H2;9-10H,1-8H2;1-2,5-6H,3-4,7-8H2;1-2,4-5H,3,6-7H2;6-7H,1-5H2;1-2,6-7H,3-5H2;1-7H2;1-2H,3-7H2;2*1-6H2;1-2H,3-6H2;1-5H2;1-2H,3-5H2;1-4H,5H2;1-4H2;1-3H2. The molecule has 107 heavy (non-hydrogen) atoms. The van der Waals surface area contributed by atoms with E-state index in [2.05, 4.69) is 121 Å². The lowest BCUT2D eigenvalue weighted by atomic mass is 9.56. The van der Waals surface area contributed by atoms with Crippen molar-refractivity contribution < 1.29 is 0 Å². The van der Waals surface area contributed by atoms with Crippen LogP contribution in [-0.2, 0) is 25.7 Å². The monoisotopic (exact) mass is 1460 g/mol. The summed E-state index contributed by atoms with van der Waals surface area (Å²) < 4.78 is 0. The van der Waals surface area contributed by atoms with Gasteiger partial charge in [0.05, 0.1) is 0 Å². The number of rotatable bonds is 0. The van der Waals surface area contributed by atoms with Crippen LogP contribution >= 0.6 is 0 Å². The molecule has 22 aliphatic rings. The Hall–Kier alpha value is -3.12. The second kappa shape index (κ2) is 61.4. The molecule has 0 aliphatic heterocycles. The van der Waals surface area contributed by atoms with Crippen molar-refractivity contribution in [1.82, 2.24) is 0 Å². The van der Waals surface area contributed by atoms with Crippen LogP contribution in [0.4, 0.5) is 0 Å². The molecule has 0 N–H and O–H groups in total. The highest BCUT2D eigenvalue weighted by Gasteiger charge is 2.42. The predicted octanol–water partition coefficient (Wildman–Crippen LogP) is 35.1. The van der Waals surface area contributed by atoms with Gasteiger partial charge in [0.25, 0.3) is 0 Å². The van der Waals surface area contributed by atoms with Crippen LogP contribution in [0.5, 0.6) is 0 Å². The van der Waals surface area contributed by atoms with Crippen LogP contribution in [0.15, 0.2) is 121 Å². The van der Waals surface area contributed by atoms with Crippen molar-refractivity contribution in [3.05, 3.63) is 144 Å². The molecule has 2 aromatic carbocycles. The quantitative estimate of drug-likeness (QED) is 0.182. The third-order valence-electron chi connectivity index (χ3n) is 28.0. The molecule has 0 nitrogen and oxygen atoms in total. The van der Waals surface area contributed by atoms with E-state index in [1.54, 1.807) is 119 Å². The van der Waals surface area contributed by atoms with Crippen molar-refractivity contribution in [3.8, 4) is 0 Å². The minimum absolute atomic E-state index is 0.991. The molecule has 0 aromatic heterocycles. The van der Waals surface area contributed by atoms with Gasteiger partial charge in [-0.25, -0.2) is 0 Å². The average molecular weight is 1460 g/mol. The van der Waals surface area contributed by atoms with E-state index in [-0.39, 0.29) is 0 Å². The van der Waals surface area contributed by atoms with E-state index in [1.165, 1.54) is 401 Å². The Kier molecular flexibility index (Phi) is 51.3. The Morgan fingerprint density at radius 1 is 0.178 bits per heavy atom. The topological polar surface area (TPSA) is 0 Å². The van der Waals surface area contributed by atoms with Crippen LogP contribution in [-0.4, -0.2) is 0 Å². The van der Waals surface area contributed by atoms with Crippen LogP contribution in [0.25, 0.3) is 0 Å². The summed E-state index contributed by atoms with van der Waals surface area (Å²) in [4.78, 5) is 0. The van der Waals surface area contributed by atoms with Crippen molar-refractivity contribution in [3.63, 3.8) is 0 Å². The van der Waals surface area contributed by atoms with E-state index >= 15 is 0 Å². The molecule has 0 heteroatoms. The highest BCUT2D eigenvalue weighted by atomic mass is 14.5. The van der Waals surface area contributed by atoms with E-state index in [0.717, 1.165) is 30.1 Å². The Bertz CT molecular complexity index is 2300. The van der Waals surface area contributed by atoms with Gasteiger partial charge in [-0.15, -0.1) is 0 Å². The minimum atomic E-state index is 0.991. The predicted molar refractivity (Wildman–Crippen MR) is 476 cm³/mol. The number of benzene rings is 2. The van der Waals surface area contributed by atoms with E-state index in [9.17, 15) is 0 Å². The Morgan fingerprint density at radius 2 is 0.411 bits per heavy atom. The van der Waals surface area contributed by atoms with Crippen LogP contribution in [0, 0.1) is 59.2 Å². The summed E-state index contributed by atoms with van der Waals surface area (Å²) in [7, 11) is 0. The van der Waals surface area contributed by atoms with Crippen LogP contribution in [0.3, 0.4) is 0 Å². The maximum Gasteiger partial charge on any atom is -0.0163 e. The maximum absolute atomic E-state index is 2.38. The van der Waals surface area contributed by atoms with Gasteiger partial charge in [0.15, 0.2) is 0 Å². The van der Waals surface area contributed by atoms with Gasteiger partial charge in [-0.2, -0.15) is 0 Å². The largest absolute Gasteiger partial charge is 0.0885 e. The first-order chi connectivity index (χ1) is 53.2. The summed E-state index contributed by atoms with van der Waals surface area (Å²) in [6, 6.07) is 17.5. The van der Waals surface area contributed by atoms with Gasteiger partial charge in [0, 0.05) is 0 Å². The molecule has 15 fully saturated rings. The first-order valence-corrected chi connectivity index (χ1v) is 49.3. The summed E-state index contributed by atoms with van der Waals surface area (Å²) in [6.45, 7) is 0. The Morgan fingerprint density at radius 3 is 0.607 bits per heavy atom. The second-order valence-corrected chi connectivity index (χ2v) is 37.7. The van der Waals surface area contributed by atoms with Crippen molar-refractivity contribution in [2.75, 3.05) is 0 Å². The van der Waals surface area contributed by atoms with Gasteiger partial charge in [0.2, 0.25) is 0 Å². The van der Waals surface area contributed by atoms with Gasteiger partial charge in [0.1, 0.15) is 0 Å². The maximum atomic E-state index is 2.38. The molecule has 2 atom stereocenters. The molecule has 24 rings (SSSR count). The van der Waals surface area contributed by atoms with Crippen molar-refractivity contribution >= 4 is 0 Å². The van der Waals surface area contributed by atoms with E-state index in [1.807, 2.05) is 0 Å². The summed E-state index contributed by atoms with van der Waals surface area (Å²) in [5.41, 5.74) is 6.29. The highest BCUT2D eigenvalue weighted by molar-refractivity contribution is 5.31. The highest BCUT2D eigenvalue weighted by Crippen LogP contribution is 2.53. The molecule has 0 radical (unpaired) electrons. The zero-order chi connectivity index (χ0) is 73.8. The lowest BCUT2D eigenvalue weighted by Gasteiger charge is -2.49. The molecule has 0 spiro atoms. The molecule has 15 saturated carbocycles. The summed E-state index contributed by atoms with van der Waals surface area (Å²) in [6.07, 6.45) is 134. The van der Waals surface area contributed by atoms with Crippen LogP contribution < -0.4 is 0 Å². The van der Waals surface area contributed by atoms with Gasteiger partial charge >= 0.3 is 0 Å². The normalized spacial score (nSPS) is 29.5. The van der Waals surface area contributed by atoms with E-state index < -0.39 is 0 Å². The van der Waals surface area contributed by atoms with Gasteiger partial charge < -0.3 is 0 Å². The van der Waals surface area contributed by atoms with Gasteiger partial charge in [-0.3, -0.25) is 0 Å². The second-order valence-electron chi connectivity index (χ2n) is 37.7. The molecule has 0 heterocycles. The third-order valence-corrected chi connectivity index (χ3v) is 28.0. The first kappa shape index (κ1) is 89.4. The summed E-state index contributed by atoms with van der Waals surface area (Å²) >= 11 is 0. The molecule has 604 valence electrons. The van der Waals surface area contributed by atoms with Crippen molar-refractivity contribution in [2.24, 2.45) is 59.2 Å². The van der Waals surface area contributed by atoms with Crippen molar-refractivity contribution in [2.45, 2.75) is 469 Å². The SMILES string of the molecule is C1=CC2CCC1C2.C1=CCC=C1.C1=CCCC1.C1=CCCCC1.C1=CCCCCC1.C1C2CC3CC1CC(C2)C3.C1CC1.C1CC2CCC1C2.C1CCC1.C1CCC2CCCCC2C1.C1CCCC1.C1CCCCC1.C1CCCCC1.C1CCCCCC1.c1ccc2c(c1)CCC2.c1ccc2c(c1)CCCC2. The molecule has 22 aliphatic carbocycles. The fraction of sp³-hybridized carbons (Fsp3) is 0.776. The number of allylic oxidation sites excluding steroid dienone is 12. The van der Waals surface area contributed by atoms with Crippen LogP contribution in [0.1, 0.15) is 465 Å². The molecule has 2 aromatic rings. The summed E-state index contributed by atoms with van der Waals surface area (Å²) in [5, 5.41) is 0. The van der Waals surface area contributed by atoms with Crippen molar-refractivity contribution in [1.29, 1.82) is 0 Å². The number of fused-ring (bicyclic) bond motifs is 7. The van der Waals surface area contributed by atoms with Crippen LogP contribution in [0.2, 0.25) is 0 Å². The molecule has 0 saturated heterocycles. The molecule has 2 unspecified atom stereocenters. The van der Waals surface area contributed by atoms with Gasteiger partial charge in [-0.1, -0.05) is 404 Å². The fourth-order valence-electron chi connectivity index (χ4n) is 21.1. The third kappa shape index (κ3) is 44.2. The first-order valence-electron chi connectivity index (χ1n) is 49.3. The molecule has 0 amide bonds. The fourth-order valence-corrected chi connectivity index (χ4v) is 21.1. The lowest BCUT2D eigenvalue weighted by Crippen LogP contribution is -2.38. The van der Waals surface area contributed by atoms with E-state index in [4.69, 9.17) is 0 Å². The Labute approximate surface area is 667 Å². The minimum Gasteiger partial charge on any atom is -0.0885 e. The molecular formula is C107H176. The number of hydrogen-bond acceptors (Lipinski definition) is 0. The smallest absolute Gasteiger partial charge is 0.0163 e. The van der Waals surface area contributed by atoms with E-state index in [0.29, 0.717) is 0 Å². The number of hydrogen-bond donors (Lipinski definition) is 0. The molecular weight excluding hydrogens is 1290 g/mol. The zero-order valence-corrected chi connectivity index (χ0v) is 70.9. The average Bonchev–Trinajstić information content (AvgIpc) is 1.59. The Balaban J connectivity index is 0.000000145. The molecule has 8 bridgehead atoms. The van der Waals surface area contributed by atoms with Gasteiger partial charge in [-0.05, 0) is 268 Å². The number of aryl methyl sites for hydroxylation is 4.